The summed E-state index contributed by atoms with van der Waals surface area (Å²) in [6, 6.07) is 3.74. The molecule has 3 heteroatoms. The topological polar surface area (TPSA) is 34.4 Å². The number of hydrogen-bond acceptors (Lipinski definition) is 2. The molecule has 0 aromatic carbocycles. The highest BCUT2D eigenvalue weighted by Gasteiger charge is 2.07. The summed E-state index contributed by atoms with van der Waals surface area (Å²) in [5.41, 5.74) is 2.50. The summed E-state index contributed by atoms with van der Waals surface area (Å²) in [6.07, 6.45) is 3.56. The van der Waals surface area contributed by atoms with E-state index in [1.54, 1.807) is 13.1 Å². The number of ketones is 1. The molecule has 2 aromatic heterocycles. The summed E-state index contributed by atoms with van der Waals surface area (Å²) in [5.74, 6) is 0.0520. The van der Waals surface area contributed by atoms with Crippen molar-refractivity contribution in [1.82, 2.24) is 9.38 Å². The van der Waals surface area contributed by atoms with Gasteiger partial charge < -0.3 is 4.40 Å². The average Bonchev–Trinajstić information content (AvgIpc) is 2.53. The Hall–Kier alpha value is -1.64. The molecule has 0 unspecified atom stereocenters. The van der Waals surface area contributed by atoms with E-state index in [4.69, 9.17) is 0 Å². The predicted octanol–water partition coefficient (Wildman–Crippen LogP) is 1.85. The molecular weight excluding hydrogens is 164 g/mol. The third-order valence-corrected chi connectivity index (χ3v) is 2.13. The summed E-state index contributed by atoms with van der Waals surface area (Å²) in [5, 5.41) is 0. The molecule has 0 aliphatic rings. The van der Waals surface area contributed by atoms with Crippen molar-refractivity contribution in [1.29, 1.82) is 0 Å². The number of nitrogens with zero attached hydrogens (tertiary/aromatic N) is 2. The molecule has 0 saturated heterocycles. The van der Waals surface area contributed by atoms with Gasteiger partial charge in [-0.3, -0.25) is 4.79 Å². The lowest BCUT2D eigenvalue weighted by Gasteiger charge is -2.02. The molecule has 0 spiro atoms. The summed E-state index contributed by atoms with van der Waals surface area (Å²) < 4.78 is 1.91. The molecule has 0 fully saturated rings. The van der Waals surface area contributed by atoms with Crippen molar-refractivity contribution in [2.45, 2.75) is 13.8 Å². The summed E-state index contributed by atoms with van der Waals surface area (Å²) >= 11 is 0. The van der Waals surface area contributed by atoms with Gasteiger partial charge in [-0.15, -0.1) is 0 Å². The molecular formula is C10H10N2O. The van der Waals surface area contributed by atoms with Gasteiger partial charge >= 0.3 is 0 Å². The molecule has 0 atom stereocenters. The van der Waals surface area contributed by atoms with Gasteiger partial charge in [0.25, 0.3) is 0 Å². The lowest BCUT2D eigenvalue weighted by molar-refractivity contribution is 0.101. The molecule has 0 bridgehead atoms. The van der Waals surface area contributed by atoms with Crippen LogP contribution in [0.2, 0.25) is 0 Å². The highest BCUT2D eigenvalue weighted by Crippen LogP contribution is 2.11. The van der Waals surface area contributed by atoms with Crippen LogP contribution in [0.15, 0.2) is 24.5 Å². The van der Waals surface area contributed by atoms with Crippen LogP contribution < -0.4 is 0 Å². The van der Waals surface area contributed by atoms with Crippen molar-refractivity contribution in [2.24, 2.45) is 0 Å². The van der Waals surface area contributed by atoms with Gasteiger partial charge in [-0.25, -0.2) is 4.98 Å². The number of aryl methyl sites for hydroxylation is 1. The SMILES string of the molecule is CC(=O)c1ccc(C)n2ccnc12. The Balaban J connectivity index is 2.86. The molecule has 0 N–H and O–H groups in total. The summed E-state index contributed by atoms with van der Waals surface area (Å²) in [4.78, 5) is 15.4. The van der Waals surface area contributed by atoms with Gasteiger partial charge in [0.1, 0.15) is 5.65 Å². The van der Waals surface area contributed by atoms with Gasteiger partial charge in [-0.2, -0.15) is 0 Å². The Morgan fingerprint density at radius 3 is 2.92 bits per heavy atom. The minimum Gasteiger partial charge on any atom is -0.304 e. The minimum absolute atomic E-state index is 0.0520. The first-order valence-corrected chi connectivity index (χ1v) is 4.14. The fraction of sp³-hybridized carbons (Fsp3) is 0.200. The van der Waals surface area contributed by atoms with Crippen molar-refractivity contribution >= 4 is 11.4 Å². The molecule has 2 aromatic rings. The van der Waals surface area contributed by atoms with E-state index in [0.29, 0.717) is 5.56 Å². The van der Waals surface area contributed by atoms with Crippen LogP contribution in [0.5, 0.6) is 0 Å². The second kappa shape index (κ2) is 2.69. The highest BCUT2D eigenvalue weighted by atomic mass is 16.1. The highest BCUT2D eigenvalue weighted by molar-refractivity contribution is 5.99. The first-order valence-electron chi connectivity index (χ1n) is 4.14. The van der Waals surface area contributed by atoms with Crippen LogP contribution in [-0.2, 0) is 0 Å². The van der Waals surface area contributed by atoms with Crippen molar-refractivity contribution in [3.05, 3.63) is 35.8 Å². The third kappa shape index (κ3) is 1.13. The van der Waals surface area contributed by atoms with Crippen LogP contribution in [-0.4, -0.2) is 15.2 Å². The Kier molecular flexibility index (Phi) is 1.65. The van der Waals surface area contributed by atoms with Crippen LogP contribution in [0.4, 0.5) is 0 Å². The molecule has 0 amide bonds. The molecule has 13 heavy (non-hydrogen) atoms. The quantitative estimate of drug-likeness (QED) is 0.618. The Morgan fingerprint density at radius 1 is 1.46 bits per heavy atom. The maximum atomic E-state index is 11.2. The normalized spacial score (nSPS) is 10.6. The van der Waals surface area contributed by atoms with Gasteiger partial charge in [0.15, 0.2) is 5.78 Å². The van der Waals surface area contributed by atoms with Crippen molar-refractivity contribution < 1.29 is 4.79 Å². The van der Waals surface area contributed by atoms with Crippen LogP contribution >= 0.6 is 0 Å². The zero-order valence-corrected chi connectivity index (χ0v) is 7.61. The van der Waals surface area contributed by atoms with Crippen LogP contribution in [0.25, 0.3) is 5.65 Å². The number of carbonyl (C=O) groups is 1. The Labute approximate surface area is 76.0 Å². The minimum atomic E-state index is 0.0520. The maximum absolute atomic E-state index is 11.2. The van der Waals surface area contributed by atoms with Crippen molar-refractivity contribution in [3.8, 4) is 0 Å². The molecule has 2 heterocycles. The fourth-order valence-electron chi connectivity index (χ4n) is 1.42. The second-order valence-electron chi connectivity index (χ2n) is 3.07. The maximum Gasteiger partial charge on any atom is 0.163 e. The zero-order valence-electron chi connectivity index (χ0n) is 7.61. The van der Waals surface area contributed by atoms with E-state index in [-0.39, 0.29) is 5.78 Å². The zero-order chi connectivity index (χ0) is 9.42. The number of rotatable bonds is 1. The second-order valence-corrected chi connectivity index (χ2v) is 3.07. The van der Waals surface area contributed by atoms with E-state index in [1.165, 1.54) is 0 Å². The number of hydrogen-bond donors (Lipinski definition) is 0. The van der Waals surface area contributed by atoms with Crippen LogP contribution in [0, 0.1) is 6.92 Å². The van der Waals surface area contributed by atoms with Gasteiger partial charge in [-0.1, -0.05) is 0 Å². The van der Waals surface area contributed by atoms with Crippen LogP contribution in [0.3, 0.4) is 0 Å². The number of pyridine rings is 1. The van der Waals surface area contributed by atoms with E-state index in [9.17, 15) is 4.79 Å². The van der Waals surface area contributed by atoms with E-state index in [2.05, 4.69) is 4.98 Å². The largest absolute Gasteiger partial charge is 0.304 e. The summed E-state index contributed by atoms with van der Waals surface area (Å²) in [6.45, 7) is 3.54. The number of Topliss-reactive ketones (excluding diaryl/α,β-unsaturated/α-hetero) is 1. The van der Waals surface area contributed by atoms with Gasteiger partial charge in [-0.05, 0) is 26.0 Å². The predicted molar refractivity (Wildman–Crippen MR) is 49.9 cm³/mol. The third-order valence-electron chi connectivity index (χ3n) is 2.13. The number of fused-ring (bicyclic) bond motifs is 1. The van der Waals surface area contributed by atoms with Crippen LogP contribution in [0.1, 0.15) is 23.0 Å². The first kappa shape index (κ1) is 7.98. The van der Waals surface area contributed by atoms with Crippen molar-refractivity contribution in [3.63, 3.8) is 0 Å². The molecule has 3 nitrogen and oxygen atoms in total. The van der Waals surface area contributed by atoms with E-state index in [1.807, 2.05) is 29.7 Å². The molecule has 0 aliphatic carbocycles. The molecule has 0 radical (unpaired) electrons. The average molecular weight is 174 g/mol. The van der Waals surface area contributed by atoms with Gasteiger partial charge in [0.05, 0.1) is 5.56 Å². The standard InChI is InChI=1S/C10H10N2O/c1-7-3-4-9(8(2)13)10-11-5-6-12(7)10/h3-6H,1-2H3. The number of aromatic nitrogens is 2. The smallest absolute Gasteiger partial charge is 0.163 e. The molecule has 0 saturated carbocycles. The van der Waals surface area contributed by atoms with Gasteiger partial charge in [0.2, 0.25) is 0 Å². The molecule has 2 rings (SSSR count). The van der Waals surface area contributed by atoms with E-state index >= 15 is 0 Å². The fourth-order valence-corrected chi connectivity index (χ4v) is 1.42. The number of imidazole rings is 1. The lowest BCUT2D eigenvalue weighted by Crippen LogP contribution is -1.99. The first-order chi connectivity index (χ1) is 6.20. The summed E-state index contributed by atoms with van der Waals surface area (Å²) in [7, 11) is 0. The van der Waals surface area contributed by atoms with Crippen molar-refractivity contribution in [2.75, 3.05) is 0 Å². The van der Waals surface area contributed by atoms with E-state index < -0.39 is 0 Å². The number of carbonyl (C=O) groups excluding carboxylic acids is 1. The van der Waals surface area contributed by atoms with Gasteiger partial charge in [0, 0.05) is 18.1 Å². The molecule has 0 aliphatic heterocycles. The Bertz CT molecular complexity index is 471. The monoisotopic (exact) mass is 174 g/mol. The lowest BCUT2D eigenvalue weighted by atomic mass is 10.2. The molecule has 66 valence electrons. The Morgan fingerprint density at radius 2 is 2.23 bits per heavy atom. The van der Waals surface area contributed by atoms with E-state index in [0.717, 1.165) is 11.3 Å².